The summed E-state index contributed by atoms with van der Waals surface area (Å²) in [4.78, 5) is 16.9. The zero-order valence-corrected chi connectivity index (χ0v) is 11.0. The van der Waals surface area contributed by atoms with Gasteiger partial charge in [0.1, 0.15) is 5.82 Å². The van der Waals surface area contributed by atoms with Crippen molar-refractivity contribution in [2.45, 2.75) is 13.5 Å². The molecule has 2 aromatic rings. The quantitative estimate of drug-likeness (QED) is 0.913. The summed E-state index contributed by atoms with van der Waals surface area (Å²) in [5, 5.41) is 8.82. The monoisotopic (exact) mass is 256 g/mol. The summed E-state index contributed by atoms with van der Waals surface area (Å²) in [6, 6.07) is 11.6. The SMILES string of the molecule is Cc1ccc(CN(C)c2ccc(C(=O)O)cn2)cc1. The number of hydrogen-bond donors (Lipinski definition) is 1. The number of pyridine rings is 1. The Morgan fingerprint density at radius 2 is 1.89 bits per heavy atom. The van der Waals surface area contributed by atoms with E-state index in [0.717, 1.165) is 12.4 Å². The van der Waals surface area contributed by atoms with Crippen LogP contribution in [0, 0.1) is 6.92 Å². The highest BCUT2D eigenvalue weighted by atomic mass is 16.4. The van der Waals surface area contributed by atoms with Crippen LogP contribution in [0.5, 0.6) is 0 Å². The Bertz CT molecular complexity index is 562. The highest BCUT2D eigenvalue weighted by Gasteiger charge is 2.06. The van der Waals surface area contributed by atoms with Crippen molar-refractivity contribution >= 4 is 11.8 Å². The highest BCUT2D eigenvalue weighted by molar-refractivity contribution is 5.87. The van der Waals surface area contributed by atoms with Gasteiger partial charge in [-0.05, 0) is 24.6 Å². The fraction of sp³-hybridized carbons (Fsp3) is 0.200. The molecule has 0 bridgehead atoms. The number of aromatic carboxylic acids is 1. The molecule has 1 aromatic heterocycles. The topological polar surface area (TPSA) is 53.4 Å². The Morgan fingerprint density at radius 3 is 2.42 bits per heavy atom. The maximum absolute atomic E-state index is 10.8. The van der Waals surface area contributed by atoms with Gasteiger partial charge in [-0.25, -0.2) is 9.78 Å². The first kappa shape index (κ1) is 13.1. The van der Waals surface area contributed by atoms with Gasteiger partial charge in [0.05, 0.1) is 5.56 Å². The smallest absolute Gasteiger partial charge is 0.337 e. The first-order chi connectivity index (χ1) is 9.06. The zero-order chi connectivity index (χ0) is 13.8. The maximum atomic E-state index is 10.8. The van der Waals surface area contributed by atoms with Crippen molar-refractivity contribution in [3.05, 3.63) is 59.3 Å². The lowest BCUT2D eigenvalue weighted by Gasteiger charge is -2.18. The molecular weight excluding hydrogens is 240 g/mol. The minimum Gasteiger partial charge on any atom is -0.478 e. The van der Waals surface area contributed by atoms with Crippen LogP contribution < -0.4 is 4.90 Å². The third kappa shape index (κ3) is 3.31. The van der Waals surface area contributed by atoms with Gasteiger partial charge in [-0.2, -0.15) is 0 Å². The number of aromatic nitrogens is 1. The van der Waals surface area contributed by atoms with E-state index in [1.54, 1.807) is 12.1 Å². The van der Waals surface area contributed by atoms with E-state index in [1.165, 1.54) is 17.3 Å². The lowest BCUT2D eigenvalue weighted by Crippen LogP contribution is -2.17. The van der Waals surface area contributed by atoms with Gasteiger partial charge in [0.25, 0.3) is 0 Å². The van der Waals surface area contributed by atoms with Crippen LogP contribution in [0.2, 0.25) is 0 Å². The first-order valence-electron chi connectivity index (χ1n) is 6.02. The number of hydrogen-bond acceptors (Lipinski definition) is 3. The standard InChI is InChI=1S/C15H16N2O2/c1-11-3-5-12(6-4-11)10-17(2)14-8-7-13(9-16-14)15(18)19/h3-9H,10H2,1-2H3,(H,18,19). The zero-order valence-electron chi connectivity index (χ0n) is 11.0. The number of carbonyl (C=O) groups is 1. The molecule has 0 radical (unpaired) electrons. The predicted octanol–water partition coefficient (Wildman–Crippen LogP) is 2.72. The Balaban J connectivity index is 2.09. The molecule has 0 saturated heterocycles. The van der Waals surface area contributed by atoms with Gasteiger partial charge in [-0.3, -0.25) is 0 Å². The van der Waals surface area contributed by atoms with Crippen molar-refractivity contribution in [1.29, 1.82) is 0 Å². The average Bonchev–Trinajstić information content (AvgIpc) is 2.41. The Kier molecular flexibility index (Phi) is 3.80. The molecule has 0 unspecified atom stereocenters. The second kappa shape index (κ2) is 5.52. The molecular formula is C15H16N2O2. The highest BCUT2D eigenvalue weighted by Crippen LogP contribution is 2.13. The molecule has 0 fully saturated rings. The number of anilines is 1. The third-order valence-corrected chi connectivity index (χ3v) is 2.93. The lowest BCUT2D eigenvalue weighted by atomic mass is 10.1. The van der Waals surface area contributed by atoms with E-state index in [9.17, 15) is 4.79 Å². The van der Waals surface area contributed by atoms with Crippen molar-refractivity contribution in [3.8, 4) is 0 Å². The van der Waals surface area contributed by atoms with Gasteiger partial charge in [-0.1, -0.05) is 29.8 Å². The van der Waals surface area contributed by atoms with Crippen LogP contribution >= 0.6 is 0 Å². The fourth-order valence-corrected chi connectivity index (χ4v) is 1.79. The molecule has 4 nitrogen and oxygen atoms in total. The molecule has 19 heavy (non-hydrogen) atoms. The Morgan fingerprint density at radius 1 is 1.21 bits per heavy atom. The van der Waals surface area contributed by atoms with Gasteiger partial charge in [0.2, 0.25) is 0 Å². The molecule has 1 N–H and O–H groups in total. The molecule has 98 valence electrons. The number of benzene rings is 1. The molecule has 1 heterocycles. The summed E-state index contributed by atoms with van der Waals surface area (Å²) >= 11 is 0. The van der Waals surface area contributed by atoms with Crippen molar-refractivity contribution in [2.24, 2.45) is 0 Å². The van der Waals surface area contributed by atoms with E-state index in [1.807, 2.05) is 11.9 Å². The molecule has 0 spiro atoms. The van der Waals surface area contributed by atoms with Crippen molar-refractivity contribution in [1.82, 2.24) is 4.98 Å². The molecule has 0 amide bonds. The average molecular weight is 256 g/mol. The molecule has 0 atom stereocenters. The van der Waals surface area contributed by atoms with Crippen LogP contribution in [0.3, 0.4) is 0 Å². The predicted molar refractivity (Wildman–Crippen MR) is 74.5 cm³/mol. The summed E-state index contributed by atoms with van der Waals surface area (Å²) in [7, 11) is 1.93. The van der Waals surface area contributed by atoms with E-state index in [4.69, 9.17) is 5.11 Å². The van der Waals surface area contributed by atoms with E-state index in [-0.39, 0.29) is 5.56 Å². The van der Waals surface area contributed by atoms with Crippen LogP contribution in [0.1, 0.15) is 21.5 Å². The van der Waals surface area contributed by atoms with Crippen LogP contribution in [0.4, 0.5) is 5.82 Å². The minimum atomic E-state index is -0.958. The number of carboxylic acids is 1. The van der Waals surface area contributed by atoms with E-state index < -0.39 is 5.97 Å². The van der Waals surface area contributed by atoms with E-state index in [2.05, 4.69) is 36.2 Å². The van der Waals surface area contributed by atoms with Gasteiger partial charge in [0, 0.05) is 19.8 Å². The van der Waals surface area contributed by atoms with Gasteiger partial charge in [0.15, 0.2) is 0 Å². The molecule has 0 aliphatic rings. The summed E-state index contributed by atoms with van der Waals surface area (Å²) in [5.74, 6) is -0.203. The van der Waals surface area contributed by atoms with Crippen LogP contribution in [-0.4, -0.2) is 23.1 Å². The molecule has 4 heteroatoms. The van der Waals surface area contributed by atoms with Gasteiger partial charge >= 0.3 is 5.97 Å². The summed E-state index contributed by atoms with van der Waals surface area (Å²) in [6.07, 6.45) is 1.38. The van der Waals surface area contributed by atoms with Gasteiger partial charge in [-0.15, -0.1) is 0 Å². The second-order valence-electron chi connectivity index (χ2n) is 4.55. The summed E-state index contributed by atoms with van der Waals surface area (Å²) < 4.78 is 0. The number of rotatable bonds is 4. The lowest BCUT2D eigenvalue weighted by molar-refractivity contribution is 0.0696. The van der Waals surface area contributed by atoms with E-state index in [0.29, 0.717) is 0 Å². The largest absolute Gasteiger partial charge is 0.478 e. The molecule has 0 aliphatic carbocycles. The van der Waals surface area contributed by atoms with Crippen LogP contribution in [-0.2, 0) is 6.54 Å². The minimum absolute atomic E-state index is 0.201. The maximum Gasteiger partial charge on any atom is 0.337 e. The second-order valence-corrected chi connectivity index (χ2v) is 4.55. The summed E-state index contributed by atoms with van der Waals surface area (Å²) in [6.45, 7) is 2.79. The number of nitrogens with zero attached hydrogens (tertiary/aromatic N) is 2. The Hall–Kier alpha value is -2.36. The van der Waals surface area contributed by atoms with Crippen molar-refractivity contribution in [3.63, 3.8) is 0 Å². The number of carboxylic acid groups (broad SMARTS) is 1. The van der Waals surface area contributed by atoms with Crippen LogP contribution in [0.15, 0.2) is 42.6 Å². The first-order valence-corrected chi connectivity index (χ1v) is 6.02. The summed E-state index contributed by atoms with van der Waals surface area (Å²) in [5.41, 5.74) is 2.63. The Labute approximate surface area is 112 Å². The van der Waals surface area contributed by atoms with Crippen LogP contribution in [0.25, 0.3) is 0 Å². The molecule has 0 aliphatic heterocycles. The fourth-order valence-electron chi connectivity index (χ4n) is 1.79. The molecule has 2 rings (SSSR count). The third-order valence-electron chi connectivity index (χ3n) is 2.93. The van der Waals surface area contributed by atoms with Crippen molar-refractivity contribution in [2.75, 3.05) is 11.9 Å². The van der Waals surface area contributed by atoms with Crippen molar-refractivity contribution < 1.29 is 9.90 Å². The molecule has 0 saturated carbocycles. The normalized spacial score (nSPS) is 10.2. The van der Waals surface area contributed by atoms with Gasteiger partial charge < -0.3 is 10.0 Å². The number of aryl methyl sites for hydroxylation is 1. The van der Waals surface area contributed by atoms with E-state index >= 15 is 0 Å². The molecule has 1 aromatic carbocycles.